The first-order chi connectivity index (χ1) is 9.69. The third-order valence-electron chi connectivity index (χ3n) is 3.85. The summed E-state index contributed by atoms with van der Waals surface area (Å²) in [5, 5.41) is 7.68. The number of halogens is 1. The Hall–Kier alpha value is -0.790. The van der Waals surface area contributed by atoms with E-state index in [9.17, 15) is 0 Å². The van der Waals surface area contributed by atoms with E-state index in [0.29, 0.717) is 0 Å². The highest BCUT2D eigenvalue weighted by Crippen LogP contribution is 2.15. The van der Waals surface area contributed by atoms with Gasteiger partial charge in [0.05, 0.1) is 6.20 Å². The van der Waals surface area contributed by atoms with Crippen molar-refractivity contribution in [3.05, 3.63) is 18.0 Å². The fourth-order valence-corrected chi connectivity index (χ4v) is 2.81. The maximum absolute atomic E-state index is 4.41. The molecule has 1 aliphatic heterocycles. The van der Waals surface area contributed by atoms with Gasteiger partial charge < -0.3 is 10.2 Å². The Kier molecular flexibility index (Phi) is 8.06. The predicted octanol–water partition coefficient (Wildman–Crippen LogP) is 2.28. The molecule has 120 valence electrons. The summed E-state index contributed by atoms with van der Waals surface area (Å²) in [6.45, 7) is 5.54. The van der Waals surface area contributed by atoms with Crippen molar-refractivity contribution in [2.45, 2.75) is 32.6 Å². The molecule has 6 heteroatoms. The van der Waals surface area contributed by atoms with Crippen LogP contribution in [0.15, 0.2) is 17.4 Å². The van der Waals surface area contributed by atoms with Crippen LogP contribution < -0.4 is 5.32 Å². The van der Waals surface area contributed by atoms with E-state index in [0.717, 1.165) is 44.4 Å². The molecule has 1 aromatic rings. The van der Waals surface area contributed by atoms with E-state index < -0.39 is 0 Å². The van der Waals surface area contributed by atoms with Gasteiger partial charge >= 0.3 is 0 Å². The monoisotopic (exact) mass is 405 g/mol. The van der Waals surface area contributed by atoms with Crippen LogP contribution in [0.25, 0.3) is 0 Å². The molecule has 1 atom stereocenters. The van der Waals surface area contributed by atoms with Crippen LogP contribution in [-0.2, 0) is 13.5 Å². The van der Waals surface area contributed by atoms with Gasteiger partial charge in [0.25, 0.3) is 0 Å². The van der Waals surface area contributed by atoms with Crippen molar-refractivity contribution in [2.24, 2.45) is 18.0 Å². The fourth-order valence-electron chi connectivity index (χ4n) is 2.81. The van der Waals surface area contributed by atoms with E-state index in [4.69, 9.17) is 0 Å². The fraction of sp³-hybridized carbons (Fsp3) is 0.733. The second kappa shape index (κ2) is 9.27. The highest BCUT2D eigenvalue weighted by atomic mass is 127. The lowest BCUT2D eigenvalue weighted by Crippen LogP contribution is -2.46. The van der Waals surface area contributed by atoms with E-state index in [1.165, 1.54) is 18.4 Å². The Morgan fingerprint density at radius 3 is 2.95 bits per heavy atom. The van der Waals surface area contributed by atoms with Crippen LogP contribution in [-0.4, -0.2) is 47.3 Å². The minimum absolute atomic E-state index is 0. The van der Waals surface area contributed by atoms with E-state index in [2.05, 4.69) is 33.4 Å². The van der Waals surface area contributed by atoms with Crippen LogP contribution in [0.3, 0.4) is 0 Å². The summed E-state index contributed by atoms with van der Waals surface area (Å²) < 4.78 is 1.86. The average molecular weight is 405 g/mol. The normalized spacial score (nSPS) is 19.3. The summed E-state index contributed by atoms with van der Waals surface area (Å²) in [5.41, 5.74) is 1.30. The summed E-state index contributed by atoms with van der Waals surface area (Å²) in [6, 6.07) is 0. The lowest BCUT2D eigenvalue weighted by Gasteiger charge is -2.33. The van der Waals surface area contributed by atoms with Crippen LogP contribution in [0.5, 0.6) is 0 Å². The highest BCUT2D eigenvalue weighted by Gasteiger charge is 2.18. The van der Waals surface area contributed by atoms with Crippen molar-refractivity contribution in [2.75, 3.05) is 26.7 Å². The number of aromatic nitrogens is 2. The summed E-state index contributed by atoms with van der Waals surface area (Å²) in [5.74, 6) is 1.83. The average Bonchev–Trinajstić information content (AvgIpc) is 2.84. The van der Waals surface area contributed by atoms with E-state index in [1.807, 2.05) is 25.0 Å². The largest absolute Gasteiger partial charge is 0.356 e. The Balaban J connectivity index is 0.00000220. The molecule has 2 rings (SSSR count). The summed E-state index contributed by atoms with van der Waals surface area (Å²) >= 11 is 0. The van der Waals surface area contributed by atoms with Crippen LogP contribution in [0.4, 0.5) is 0 Å². The highest BCUT2D eigenvalue weighted by molar-refractivity contribution is 14.0. The van der Waals surface area contributed by atoms with Crippen molar-refractivity contribution in [1.82, 2.24) is 20.0 Å². The zero-order chi connectivity index (χ0) is 14.4. The summed E-state index contributed by atoms with van der Waals surface area (Å²) in [4.78, 5) is 6.80. The van der Waals surface area contributed by atoms with Gasteiger partial charge in [-0.2, -0.15) is 5.10 Å². The SMILES string of the molecule is CN=C(NCCCc1cnn(C)c1)N1CCCC(C)C1.I. The van der Waals surface area contributed by atoms with E-state index in [-0.39, 0.29) is 24.0 Å². The predicted molar refractivity (Wildman–Crippen MR) is 98.3 cm³/mol. The Bertz CT molecular complexity index is 443. The molecule has 0 amide bonds. The zero-order valence-corrected chi connectivity index (χ0v) is 15.7. The van der Waals surface area contributed by atoms with Gasteiger partial charge in [0.2, 0.25) is 0 Å². The van der Waals surface area contributed by atoms with Gasteiger partial charge in [0.1, 0.15) is 0 Å². The van der Waals surface area contributed by atoms with E-state index >= 15 is 0 Å². The number of aliphatic imine (C=N–C) groups is 1. The molecule has 0 bridgehead atoms. The number of guanidine groups is 1. The number of nitrogens with zero attached hydrogens (tertiary/aromatic N) is 4. The molecule has 2 heterocycles. The quantitative estimate of drug-likeness (QED) is 0.362. The number of rotatable bonds is 4. The molecule has 1 aromatic heterocycles. The van der Waals surface area contributed by atoms with Crippen LogP contribution in [0.1, 0.15) is 31.7 Å². The lowest BCUT2D eigenvalue weighted by atomic mass is 10.0. The Labute approximate surface area is 145 Å². The van der Waals surface area contributed by atoms with Gasteiger partial charge in [0.15, 0.2) is 5.96 Å². The maximum Gasteiger partial charge on any atom is 0.193 e. The number of hydrogen-bond acceptors (Lipinski definition) is 2. The Morgan fingerprint density at radius 1 is 1.52 bits per heavy atom. The molecule has 1 aliphatic rings. The first-order valence-electron chi connectivity index (χ1n) is 7.62. The second-order valence-corrected chi connectivity index (χ2v) is 5.79. The van der Waals surface area contributed by atoms with Crippen molar-refractivity contribution in [3.63, 3.8) is 0 Å². The third kappa shape index (κ3) is 5.84. The third-order valence-corrected chi connectivity index (χ3v) is 3.85. The molecular weight excluding hydrogens is 377 g/mol. The van der Waals surface area contributed by atoms with Crippen molar-refractivity contribution >= 4 is 29.9 Å². The van der Waals surface area contributed by atoms with Gasteiger partial charge in [-0.1, -0.05) is 6.92 Å². The number of nitrogens with one attached hydrogen (secondary N) is 1. The van der Waals surface area contributed by atoms with Crippen LogP contribution in [0, 0.1) is 5.92 Å². The van der Waals surface area contributed by atoms with Gasteiger partial charge in [-0.3, -0.25) is 9.67 Å². The zero-order valence-electron chi connectivity index (χ0n) is 13.4. The molecule has 0 spiro atoms. The lowest BCUT2D eigenvalue weighted by molar-refractivity contribution is 0.266. The molecule has 1 unspecified atom stereocenters. The van der Waals surface area contributed by atoms with Crippen molar-refractivity contribution < 1.29 is 0 Å². The number of aryl methyl sites for hydroxylation is 2. The van der Waals surface area contributed by atoms with Crippen LogP contribution >= 0.6 is 24.0 Å². The van der Waals surface area contributed by atoms with Gasteiger partial charge in [0, 0.05) is 39.9 Å². The maximum atomic E-state index is 4.41. The van der Waals surface area contributed by atoms with Crippen molar-refractivity contribution in [3.8, 4) is 0 Å². The minimum atomic E-state index is 0. The molecule has 21 heavy (non-hydrogen) atoms. The molecule has 5 nitrogen and oxygen atoms in total. The molecule has 1 N–H and O–H groups in total. The molecule has 1 fully saturated rings. The first-order valence-corrected chi connectivity index (χ1v) is 7.62. The smallest absolute Gasteiger partial charge is 0.193 e. The Morgan fingerprint density at radius 2 is 2.33 bits per heavy atom. The topological polar surface area (TPSA) is 45.5 Å². The summed E-state index contributed by atoms with van der Waals surface area (Å²) in [6.07, 6.45) is 8.82. The molecule has 1 saturated heterocycles. The van der Waals surface area contributed by atoms with Gasteiger partial charge in [-0.25, -0.2) is 0 Å². The number of piperidine rings is 1. The van der Waals surface area contributed by atoms with Gasteiger partial charge in [-0.15, -0.1) is 24.0 Å². The standard InChI is InChI=1S/C15H27N5.HI/c1-13-6-5-9-20(11-13)15(16-2)17-8-4-7-14-10-18-19(3)12-14;/h10,12-13H,4-9,11H2,1-3H3,(H,16,17);1H. The van der Waals surface area contributed by atoms with E-state index in [1.54, 1.807) is 0 Å². The summed E-state index contributed by atoms with van der Waals surface area (Å²) in [7, 11) is 3.84. The number of likely N-dealkylation sites (tertiary alicyclic amines) is 1. The van der Waals surface area contributed by atoms with Gasteiger partial charge in [-0.05, 0) is 37.2 Å². The second-order valence-electron chi connectivity index (χ2n) is 5.79. The molecule has 0 aliphatic carbocycles. The first kappa shape index (κ1) is 18.3. The number of hydrogen-bond donors (Lipinski definition) is 1. The minimum Gasteiger partial charge on any atom is -0.356 e. The van der Waals surface area contributed by atoms with Crippen molar-refractivity contribution in [1.29, 1.82) is 0 Å². The van der Waals surface area contributed by atoms with Crippen LogP contribution in [0.2, 0.25) is 0 Å². The molecular formula is C15H28IN5. The molecule has 0 radical (unpaired) electrons. The molecule has 0 aromatic carbocycles. The molecule has 0 saturated carbocycles.